The van der Waals surface area contributed by atoms with Crippen LogP contribution in [0, 0.1) is 13.8 Å². The van der Waals surface area contributed by atoms with E-state index in [1.807, 2.05) is 0 Å². The Morgan fingerprint density at radius 3 is 2.96 bits per heavy atom. The normalized spacial score (nSPS) is 17.9. The van der Waals surface area contributed by atoms with E-state index < -0.39 is 0 Å². The smallest absolute Gasteiger partial charge is 0.194 e. The Balaban J connectivity index is 0.00000261. The summed E-state index contributed by atoms with van der Waals surface area (Å²) < 4.78 is 11.0. The number of guanidine groups is 1. The Labute approximate surface area is 178 Å². The van der Waals surface area contributed by atoms with E-state index in [0.717, 1.165) is 25.6 Å². The minimum atomic E-state index is 0. The molecule has 1 unspecified atom stereocenters. The molecular weight excluding hydrogens is 455 g/mol. The maximum absolute atomic E-state index is 5.75. The summed E-state index contributed by atoms with van der Waals surface area (Å²) in [6.07, 6.45) is 0.0967. The number of aromatic nitrogens is 1. The fourth-order valence-electron chi connectivity index (χ4n) is 3.40. The second-order valence-electron chi connectivity index (χ2n) is 6.82. The van der Waals surface area contributed by atoms with E-state index in [0.29, 0.717) is 19.8 Å². The number of aliphatic imine (C=N–C) groups is 1. The number of nitrogens with zero attached hydrogens (tertiary/aromatic N) is 2. The third-order valence-corrected chi connectivity index (χ3v) is 4.91. The molecule has 0 amide bonds. The topological polar surface area (TPSA) is 61.9 Å². The third-order valence-electron chi connectivity index (χ3n) is 4.91. The second-order valence-corrected chi connectivity index (χ2v) is 6.82. The van der Waals surface area contributed by atoms with Gasteiger partial charge in [-0.15, -0.1) is 24.0 Å². The van der Waals surface area contributed by atoms with Crippen LogP contribution in [-0.2, 0) is 16.0 Å². The van der Waals surface area contributed by atoms with Crippen molar-refractivity contribution < 1.29 is 9.47 Å². The molecule has 0 spiro atoms. The molecule has 2 heterocycles. The molecule has 2 N–H and O–H groups in total. The van der Waals surface area contributed by atoms with Crippen molar-refractivity contribution in [3.05, 3.63) is 35.0 Å². The largest absolute Gasteiger partial charge is 0.382 e. The van der Waals surface area contributed by atoms with Crippen LogP contribution in [0.3, 0.4) is 0 Å². The molecule has 3 rings (SSSR count). The minimum Gasteiger partial charge on any atom is -0.382 e. The Morgan fingerprint density at radius 2 is 2.22 bits per heavy atom. The van der Waals surface area contributed by atoms with Crippen LogP contribution in [0.4, 0.5) is 0 Å². The van der Waals surface area contributed by atoms with E-state index in [1.54, 1.807) is 7.11 Å². The highest BCUT2D eigenvalue weighted by Gasteiger charge is 2.22. The van der Waals surface area contributed by atoms with Crippen LogP contribution < -0.4 is 5.32 Å². The van der Waals surface area contributed by atoms with Gasteiger partial charge in [-0.25, -0.2) is 4.99 Å². The van der Waals surface area contributed by atoms with Gasteiger partial charge in [0.25, 0.3) is 0 Å². The SMILES string of the molecule is CCNC(=NCc1ccc2[nH]c(C)c(C)c2c1)N1CCOC(COC)C1.I. The molecule has 1 saturated heterocycles. The van der Waals surface area contributed by atoms with E-state index in [2.05, 4.69) is 54.2 Å². The maximum atomic E-state index is 5.75. The van der Waals surface area contributed by atoms with Gasteiger partial charge < -0.3 is 24.7 Å². The molecule has 1 fully saturated rings. The lowest BCUT2D eigenvalue weighted by Gasteiger charge is -2.34. The monoisotopic (exact) mass is 486 g/mol. The molecule has 7 heteroatoms. The first kappa shape index (κ1) is 22.0. The van der Waals surface area contributed by atoms with Gasteiger partial charge in [0, 0.05) is 43.3 Å². The van der Waals surface area contributed by atoms with Crippen LogP contribution >= 0.6 is 24.0 Å². The van der Waals surface area contributed by atoms with Crippen LogP contribution in [-0.4, -0.2) is 61.9 Å². The molecule has 1 atom stereocenters. The van der Waals surface area contributed by atoms with Gasteiger partial charge in [0.05, 0.1) is 25.9 Å². The summed E-state index contributed by atoms with van der Waals surface area (Å²) in [5, 5.41) is 4.70. The van der Waals surface area contributed by atoms with Crippen molar-refractivity contribution in [1.29, 1.82) is 0 Å². The first-order valence-corrected chi connectivity index (χ1v) is 9.34. The number of hydrogen-bond donors (Lipinski definition) is 2. The Bertz CT molecular complexity index is 773. The first-order chi connectivity index (χ1) is 12.6. The van der Waals surface area contributed by atoms with Crippen molar-refractivity contribution >= 4 is 40.8 Å². The molecule has 1 aromatic carbocycles. The zero-order chi connectivity index (χ0) is 18.5. The molecule has 0 saturated carbocycles. The highest BCUT2D eigenvalue weighted by molar-refractivity contribution is 14.0. The summed E-state index contributed by atoms with van der Waals surface area (Å²) in [6, 6.07) is 6.54. The zero-order valence-corrected chi connectivity index (χ0v) is 19.0. The number of aryl methyl sites for hydroxylation is 2. The van der Waals surface area contributed by atoms with Crippen molar-refractivity contribution in [2.75, 3.05) is 40.0 Å². The number of aromatic amines is 1. The van der Waals surface area contributed by atoms with Gasteiger partial charge in [0.2, 0.25) is 0 Å². The predicted octanol–water partition coefficient (Wildman–Crippen LogP) is 3.22. The van der Waals surface area contributed by atoms with Crippen molar-refractivity contribution in [3.63, 3.8) is 0 Å². The minimum absolute atomic E-state index is 0. The molecule has 150 valence electrons. The number of benzene rings is 1. The number of methoxy groups -OCH3 is 1. The highest BCUT2D eigenvalue weighted by atomic mass is 127. The lowest BCUT2D eigenvalue weighted by Crippen LogP contribution is -2.51. The van der Waals surface area contributed by atoms with Gasteiger partial charge in [-0.3, -0.25) is 0 Å². The number of ether oxygens (including phenoxy) is 2. The van der Waals surface area contributed by atoms with Crippen LogP contribution in [0.25, 0.3) is 10.9 Å². The van der Waals surface area contributed by atoms with Crippen molar-refractivity contribution in [2.24, 2.45) is 4.99 Å². The van der Waals surface area contributed by atoms with Crippen molar-refractivity contribution in [3.8, 4) is 0 Å². The molecule has 2 aromatic rings. The quantitative estimate of drug-likeness (QED) is 0.387. The summed E-state index contributed by atoms with van der Waals surface area (Å²) in [6.45, 7) is 10.8. The lowest BCUT2D eigenvalue weighted by atomic mass is 10.1. The van der Waals surface area contributed by atoms with Gasteiger partial charge in [0.1, 0.15) is 0 Å². The number of fused-ring (bicyclic) bond motifs is 1. The van der Waals surface area contributed by atoms with Gasteiger partial charge in [-0.1, -0.05) is 6.07 Å². The highest BCUT2D eigenvalue weighted by Crippen LogP contribution is 2.22. The van der Waals surface area contributed by atoms with Crippen LogP contribution in [0.1, 0.15) is 23.7 Å². The fraction of sp³-hybridized carbons (Fsp3) is 0.550. The van der Waals surface area contributed by atoms with E-state index >= 15 is 0 Å². The van der Waals surface area contributed by atoms with Gasteiger partial charge in [-0.05, 0) is 44.0 Å². The maximum Gasteiger partial charge on any atom is 0.194 e. The summed E-state index contributed by atoms with van der Waals surface area (Å²) >= 11 is 0. The molecule has 27 heavy (non-hydrogen) atoms. The Kier molecular flexibility index (Phi) is 8.37. The van der Waals surface area contributed by atoms with Crippen molar-refractivity contribution in [2.45, 2.75) is 33.4 Å². The summed E-state index contributed by atoms with van der Waals surface area (Å²) in [7, 11) is 1.71. The van der Waals surface area contributed by atoms with E-state index in [9.17, 15) is 0 Å². The van der Waals surface area contributed by atoms with Crippen LogP contribution in [0.2, 0.25) is 0 Å². The number of rotatable bonds is 5. The Hall–Kier alpha value is -1.32. The number of morpholine rings is 1. The number of nitrogens with one attached hydrogen (secondary N) is 2. The molecule has 1 aliphatic heterocycles. The van der Waals surface area contributed by atoms with E-state index in [1.165, 1.54) is 27.7 Å². The number of H-pyrrole nitrogens is 1. The summed E-state index contributed by atoms with van der Waals surface area (Å²) in [4.78, 5) is 10.6. The molecule has 0 radical (unpaired) electrons. The summed E-state index contributed by atoms with van der Waals surface area (Å²) in [5.41, 5.74) is 4.95. The number of hydrogen-bond acceptors (Lipinski definition) is 3. The lowest BCUT2D eigenvalue weighted by molar-refractivity contribution is -0.0447. The molecule has 1 aliphatic rings. The first-order valence-electron chi connectivity index (χ1n) is 9.34. The zero-order valence-electron chi connectivity index (χ0n) is 16.7. The predicted molar refractivity (Wildman–Crippen MR) is 121 cm³/mol. The van der Waals surface area contributed by atoms with Gasteiger partial charge in [0.15, 0.2) is 5.96 Å². The van der Waals surface area contributed by atoms with Gasteiger partial charge >= 0.3 is 0 Å². The molecule has 0 aliphatic carbocycles. The van der Waals surface area contributed by atoms with E-state index in [-0.39, 0.29) is 30.1 Å². The molecule has 0 bridgehead atoms. The molecule has 6 nitrogen and oxygen atoms in total. The van der Waals surface area contributed by atoms with Gasteiger partial charge in [-0.2, -0.15) is 0 Å². The van der Waals surface area contributed by atoms with Crippen LogP contribution in [0.15, 0.2) is 23.2 Å². The average molecular weight is 486 g/mol. The molecular formula is C20H31IN4O2. The third kappa shape index (κ3) is 5.36. The van der Waals surface area contributed by atoms with E-state index in [4.69, 9.17) is 14.5 Å². The standard InChI is InChI=1S/C20H30N4O2.HI/c1-5-21-20(24-8-9-26-17(12-24)13-25-4)22-11-16-6-7-19-18(10-16)14(2)15(3)23-19;/h6-7,10,17,23H,5,8-9,11-13H2,1-4H3,(H,21,22);1H. The summed E-state index contributed by atoms with van der Waals surface area (Å²) in [5.74, 6) is 0.943. The fourth-order valence-corrected chi connectivity index (χ4v) is 3.40. The average Bonchev–Trinajstić information content (AvgIpc) is 2.93. The van der Waals surface area contributed by atoms with Crippen molar-refractivity contribution in [1.82, 2.24) is 15.2 Å². The second kappa shape index (κ2) is 10.3. The Morgan fingerprint density at radius 1 is 1.41 bits per heavy atom. The molecule has 1 aromatic heterocycles. The van der Waals surface area contributed by atoms with Crippen LogP contribution in [0.5, 0.6) is 0 Å². The number of halogens is 1.